The molecule has 0 radical (unpaired) electrons. The van der Waals surface area contributed by atoms with Gasteiger partial charge in [-0.15, -0.1) is 0 Å². The molecule has 1 fully saturated rings. The van der Waals surface area contributed by atoms with Gasteiger partial charge in [-0.1, -0.05) is 26.7 Å². The van der Waals surface area contributed by atoms with Crippen LogP contribution in [0.25, 0.3) is 0 Å². The summed E-state index contributed by atoms with van der Waals surface area (Å²) in [6, 6.07) is 0. The Kier molecular flexibility index (Phi) is 4.99. The van der Waals surface area contributed by atoms with Crippen molar-refractivity contribution in [3.63, 3.8) is 0 Å². The van der Waals surface area contributed by atoms with Crippen LogP contribution < -0.4 is 0 Å². The number of hydrogen-bond acceptors (Lipinski definition) is 2. The molecule has 0 saturated carbocycles. The Hall–Kier alpha value is -1.06. The van der Waals surface area contributed by atoms with E-state index in [0.29, 0.717) is 5.41 Å². The summed E-state index contributed by atoms with van der Waals surface area (Å²) in [6.45, 7) is 9.20. The second-order valence-electron chi connectivity index (χ2n) is 6.45. The molecule has 0 unspecified atom stereocenters. The van der Waals surface area contributed by atoms with E-state index in [1.807, 2.05) is 4.90 Å². The number of likely N-dealkylation sites (tertiary alicyclic amines) is 1. The van der Waals surface area contributed by atoms with E-state index in [4.69, 9.17) is 5.11 Å². The lowest BCUT2D eigenvalue weighted by Gasteiger charge is -2.41. The molecule has 0 aliphatic carbocycles. The molecule has 1 rings (SSSR count). The zero-order valence-corrected chi connectivity index (χ0v) is 12.7. The molecule has 0 aromatic carbocycles. The quantitative estimate of drug-likeness (QED) is 0.835. The fraction of sp³-hybridized carbons (Fsp3) is 0.867. The molecule has 1 N–H and O–H groups in total. The molecule has 1 saturated heterocycles. The highest BCUT2D eigenvalue weighted by Crippen LogP contribution is 2.38. The summed E-state index contributed by atoms with van der Waals surface area (Å²) in [4.78, 5) is 25.1. The normalized spacial score (nSPS) is 19.3. The van der Waals surface area contributed by atoms with E-state index >= 15 is 0 Å². The fourth-order valence-corrected chi connectivity index (χ4v) is 2.75. The van der Waals surface area contributed by atoms with Crippen LogP contribution in [0.5, 0.6) is 0 Å². The lowest BCUT2D eigenvalue weighted by Crippen LogP contribution is -2.44. The van der Waals surface area contributed by atoms with Crippen LogP contribution in [0.3, 0.4) is 0 Å². The van der Waals surface area contributed by atoms with Crippen molar-refractivity contribution in [2.75, 3.05) is 13.1 Å². The summed E-state index contributed by atoms with van der Waals surface area (Å²) >= 11 is 0. The van der Waals surface area contributed by atoms with Crippen molar-refractivity contribution < 1.29 is 14.7 Å². The van der Waals surface area contributed by atoms with Gasteiger partial charge in [-0.2, -0.15) is 0 Å². The predicted molar refractivity (Wildman–Crippen MR) is 74.9 cm³/mol. The minimum atomic E-state index is -0.971. The summed E-state index contributed by atoms with van der Waals surface area (Å²) < 4.78 is 0. The second-order valence-corrected chi connectivity index (χ2v) is 6.45. The van der Waals surface area contributed by atoms with Gasteiger partial charge in [-0.25, -0.2) is 0 Å². The van der Waals surface area contributed by atoms with Crippen molar-refractivity contribution in [2.24, 2.45) is 10.8 Å². The van der Waals surface area contributed by atoms with Gasteiger partial charge in [0.05, 0.1) is 5.41 Å². The van der Waals surface area contributed by atoms with Crippen LogP contribution in [0.15, 0.2) is 0 Å². The number of carboxylic acids is 1. The van der Waals surface area contributed by atoms with E-state index in [1.54, 1.807) is 13.8 Å². The Labute approximate surface area is 116 Å². The van der Waals surface area contributed by atoms with E-state index in [0.717, 1.165) is 38.8 Å². The average molecular weight is 269 g/mol. The first-order valence-corrected chi connectivity index (χ1v) is 7.27. The Balaban J connectivity index is 2.56. The Morgan fingerprint density at radius 1 is 1.16 bits per heavy atom. The lowest BCUT2D eigenvalue weighted by molar-refractivity contribution is -0.152. The molecule has 110 valence electrons. The number of piperidine rings is 1. The number of nitrogens with zero attached hydrogens (tertiary/aromatic N) is 1. The zero-order chi connectivity index (χ0) is 14.7. The van der Waals surface area contributed by atoms with Crippen LogP contribution in [0.4, 0.5) is 0 Å². The van der Waals surface area contributed by atoms with Crippen LogP contribution in [-0.2, 0) is 9.59 Å². The largest absolute Gasteiger partial charge is 0.481 e. The molecular formula is C15H27NO3. The summed E-state index contributed by atoms with van der Waals surface area (Å²) in [5, 5.41) is 9.08. The van der Waals surface area contributed by atoms with Gasteiger partial charge in [-0.05, 0) is 32.1 Å². The van der Waals surface area contributed by atoms with E-state index < -0.39 is 11.4 Å². The number of carbonyl (C=O) groups excluding carboxylic acids is 1. The van der Waals surface area contributed by atoms with E-state index in [9.17, 15) is 9.59 Å². The first-order valence-electron chi connectivity index (χ1n) is 7.27. The third-order valence-electron chi connectivity index (χ3n) is 4.85. The molecule has 0 aromatic heterocycles. The van der Waals surface area contributed by atoms with Crippen LogP contribution in [0.1, 0.15) is 59.8 Å². The molecule has 4 heteroatoms. The van der Waals surface area contributed by atoms with Gasteiger partial charge in [0.25, 0.3) is 0 Å². The highest BCUT2D eigenvalue weighted by molar-refractivity contribution is 5.84. The minimum absolute atomic E-state index is 0.0202. The zero-order valence-electron chi connectivity index (χ0n) is 12.7. The molecule has 1 aliphatic rings. The molecular weight excluding hydrogens is 242 g/mol. The van der Waals surface area contributed by atoms with Gasteiger partial charge in [0.1, 0.15) is 0 Å². The van der Waals surface area contributed by atoms with Crippen molar-refractivity contribution in [1.82, 2.24) is 4.90 Å². The van der Waals surface area contributed by atoms with Crippen LogP contribution in [-0.4, -0.2) is 35.0 Å². The molecule has 0 bridgehead atoms. The second kappa shape index (κ2) is 5.93. The molecule has 19 heavy (non-hydrogen) atoms. The van der Waals surface area contributed by atoms with Gasteiger partial charge in [0.2, 0.25) is 5.91 Å². The molecule has 0 spiro atoms. The molecule has 1 heterocycles. The Bertz CT molecular complexity index is 335. The third-order valence-corrected chi connectivity index (χ3v) is 4.85. The van der Waals surface area contributed by atoms with E-state index in [-0.39, 0.29) is 12.3 Å². The maximum absolute atomic E-state index is 12.2. The van der Waals surface area contributed by atoms with E-state index in [2.05, 4.69) is 13.8 Å². The van der Waals surface area contributed by atoms with Gasteiger partial charge in [-0.3, -0.25) is 9.59 Å². The van der Waals surface area contributed by atoms with Crippen molar-refractivity contribution in [2.45, 2.75) is 59.8 Å². The van der Waals surface area contributed by atoms with Crippen LogP contribution >= 0.6 is 0 Å². The van der Waals surface area contributed by atoms with Gasteiger partial charge < -0.3 is 10.0 Å². The monoisotopic (exact) mass is 269 g/mol. The predicted octanol–water partition coefficient (Wildman–Crippen LogP) is 2.92. The number of rotatable bonds is 5. The number of carboxylic acid groups (broad SMARTS) is 1. The number of amides is 1. The van der Waals surface area contributed by atoms with Crippen LogP contribution in [0, 0.1) is 10.8 Å². The summed E-state index contributed by atoms with van der Waals surface area (Å²) in [5.41, 5.74) is -0.583. The lowest BCUT2D eigenvalue weighted by atomic mass is 9.74. The first-order chi connectivity index (χ1) is 8.76. The highest BCUT2D eigenvalue weighted by atomic mass is 16.4. The summed E-state index contributed by atoms with van der Waals surface area (Å²) in [7, 11) is 0. The summed E-state index contributed by atoms with van der Waals surface area (Å²) in [6.07, 6.45) is 4.49. The van der Waals surface area contributed by atoms with Crippen molar-refractivity contribution in [3.8, 4) is 0 Å². The van der Waals surface area contributed by atoms with Crippen molar-refractivity contribution >= 4 is 11.9 Å². The average Bonchev–Trinajstić information content (AvgIpc) is 2.38. The number of hydrogen-bond donors (Lipinski definition) is 1. The molecule has 1 aliphatic heterocycles. The topological polar surface area (TPSA) is 57.6 Å². The first kappa shape index (κ1) is 16.0. The van der Waals surface area contributed by atoms with Gasteiger partial charge >= 0.3 is 5.97 Å². The fourth-order valence-electron chi connectivity index (χ4n) is 2.75. The van der Waals surface area contributed by atoms with E-state index in [1.165, 1.54) is 0 Å². The third kappa shape index (κ3) is 3.71. The maximum Gasteiger partial charge on any atom is 0.309 e. The van der Waals surface area contributed by atoms with Crippen LogP contribution in [0.2, 0.25) is 0 Å². The van der Waals surface area contributed by atoms with Gasteiger partial charge in [0, 0.05) is 19.5 Å². The summed E-state index contributed by atoms with van der Waals surface area (Å²) in [5.74, 6) is -0.928. The maximum atomic E-state index is 12.2. The minimum Gasteiger partial charge on any atom is -0.481 e. The number of aliphatic carboxylic acids is 1. The Morgan fingerprint density at radius 2 is 1.63 bits per heavy atom. The Morgan fingerprint density at radius 3 is 2.00 bits per heavy atom. The molecule has 1 amide bonds. The van der Waals surface area contributed by atoms with Crippen molar-refractivity contribution in [3.05, 3.63) is 0 Å². The smallest absolute Gasteiger partial charge is 0.309 e. The SMILES string of the molecule is CCC1(CC)CCN(C(=O)CC(C)(C)C(=O)O)CC1. The van der Waals surface area contributed by atoms with Gasteiger partial charge in [0.15, 0.2) is 0 Å². The highest BCUT2D eigenvalue weighted by Gasteiger charge is 2.36. The molecule has 0 atom stereocenters. The molecule has 4 nitrogen and oxygen atoms in total. The molecule has 0 aromatic rings. The van der Waals surface area contributed by atoms with Crippen molar-refractivity contribution in [1.29, 1.82) is 0 Å². The number of carbonyl (C=O) groups is 2. The standard InChI is InChI=1S/C15H27NO3/c1-5-15(6-2)7-9-16(10-8-15)12(17)11-14(3,4)13(18)19/h5-11H2,1-4H3,(H,18,19).